The van der Waals surface area contributed by atoms with E-state index in [1.165, 1.54) is 22.7 Å². The van der Waals surface area contributed by atoms with Gasteiger partial charge >= 0.3 is 6.18 Å². The summed E-state index contributed by atoms with van der Waals surface area (Å²) >= 11 is 0. The highest BCUT2D eigenvalue weighted by atomic mass is 32.2. The van der Waals surface area contributed by atoms with Gasteiger partial charge in [0.05, 0.1) is 17.9 Å². The molecule has 0 saturated heterocycles. The molecule has 1 heterocycles. The number of nitrogens with two attached hydrogens (primary N) is 1. The van der Waals surface area contributed by atoms with Crippen LogP contribution in [0.2, 0.25) is 0 Å². The Morgan fingerprint density at radius 3 is 2.48 bits per heavy atom. The number of hydrogen-bond donors (Lipinski definition) is 1. The van der Waals surface area contributed by atoms with Gasteiger partial charge in [0.1, 0.15) is 17.3 Å². The second-order valence-corrected chi connectivity index (χ2v) is 9.34. The quantitative estimate of drug-likeness (QED) is 0.494. The highest BCUT2D eigenvalue weighted by molar-refractivity contribution is 7.89. The first kappa shape index (κ1) is 24.8. The Balaban J connectivity index is 1.97. The Kier molecular flexibility index (Phi) is 7.20. The third kappa shape index (κ3) is 6.83. The fraction of sp³-hybridized carbons (Fsp3) is 0.333. The molecule has 0 radical (unpaired) electrons. The van der Waals surface area contributed by atoms with Crippen LogP contribution in [-0.4, -0.2) is 47.9 Å². The van der Waals surface area contributed by atoms with Crippen molar-refractivity contribution in [3.05, 3.63) is 71.1 Å². The van der Waals surface area contributed by atoms with Crippen molar-refractivity contribution in [2.45, 2.75) is 37.4 Å². The molecule has 1 aromatic heterocycles. The summed E-state index contributed by atoms with van der Waals surface area (Å²) in [5, 5.41) is 9.36. The number of nitrogens with zero attached hydrogens (tertiary/aromatic N) is 4. The van der Waals surface area contributed by atoms with Gasteiger partial charge in [-0.05, 0) is 37.7 Å². The number of hydrogen-bond acceptors (Lipinski definition) is 5. The Hall–Kier alpha value is -2.83. The monoisotopic (exact) mass is 485 g/mol. The van der Waals surface area contributed by atoms with E-state index in [1.54, 1.807) is 0 Å². The minimum absolute atomic E-state index is 0.0147. The molecule has 0 fully saturated rings. The molecule has 7 nitrogen and oxygen atoms in total. The van der Waals surface area contributed by atoms with Crippen molar-refractivity contribution in [2.24, 2.45) is 5.14 Å². The lowest BCUT2D eigenvalue weighted by atomic mass is 10.1. The van der Waals surface area contributed by atoms with Gasteiger partial charge in [0.25, 0.3) is 0 Å². The first-order valence-electron chi connectivity index (χ1n) is 9.90. The van der Waals surface area contributed by atoms with Crippen LogP contribution in [0.1, 0.15) is 29.2 Å². The second kappa shape index (κ2) is 9.57. The largest absolute Gasteiger partial charge is 0.390 e. The summed E-state index contributed by atoms with van der Waals surface area (Å²) in [5.41, 5.74) is 1.83. The predicted molar refractivity (Wildman–Crippen MR) is 114 cm³/mol. The van der Waals surface area contributed by atoms with Crippen LogP contribution in [0.15, 0.2) is 47.4 Å². The van der Waals surface area contributed by atoms with Gasteiger partial charge in [-0.2, -0.15) is 13.2 Å². The van der Waals surface area contributed by atoms with E-state index in [0.29, 0.717) is 5.82 Å². The predicted octanol–water partition coefficient (Wildman–Crippen LogP) is 3.34. The van der Waals surface area contributed by atoms with Crippen molar-refractivity contribution in [1.82, 2.24) is 19.7 Å². The summed E-state index contributed by atoms with van der Waals surface area (Å²) in [6.45, 7) is 1.68. The summed E-state index contributed by atoms with van der Waals surface area (Å²) in [6, 6.07) is 10.7. The average Bonchev–Trinajstić information content (AvgIpc) is 3.06. The fourth-order valence-corrected chi connectivity index (χ4v) is 3.77. The topological polar surface area (TPSA) is 94.1 Å². The van der Waals surface area contributed by atoms with E-state index < -0.39 is 33.3 Å². The molecule has 2 aromatic carbocycles. The van der Waals surface area contributed by atoms with E-state index in [4.69, 9.17) is 5.14 Å². The molecule has 3 aromatic rings. The Morgan fingerprint density at radius 1 is 1.15 bits per heavy atom. The minimum Gasteiger partial charge on any atom is -0.299 e. The molecule has 0 amide bonds. The van der Waals surface area contributed by atoms with Crippen LogP contribution < -0.4 is 5.14 Å². The van der Waals surface area contributed by atoms with E-state index in [0.717, 1.165) is 23.3 Å². The first-order valence-corrected chi connectivity index (χ1v) is 11.4. The van der Waals surface area contributed by atoms with Gasteiger partial charge in [-0.15, -0.1) is 5.10 Å². The number of primary sulfonamides is 1. The van der Waals surface area contributed by atoms with Crippen LogP contribution in [0, 0.1) is 12.7 Å². The van der Waals surface area contributed by atoms with Gasteiger partial charge < -0.3 is 0 Å². The Labute approximate surface area is 188 Å². The smallest absolute Gasteiger partial charge is 0.299 e. The van der Waals surface area contributed by atoms with Crippen molar-refractivity contribution in [3.63, 3.8) is 0 Å². The number of aromatic nitrogens is 3. The van der Waals surface area contributed by atoms with E-state index in [2.05, 4.69) is 10.1 Å². The molecule has 2 N–H and O–H groups in total. The van der Waals surface area contributed by atoms with Crippen molar-refractivity contribution in [3.8, 4) is 5.69 Å². The van der Waals surface area contributed by atoms with E-state index in [-0.39, 0.29) is 31.0 Å². The summed E-state index contributed by atoms with van der Waals surface area (Å²) in [7, 11) is -2.59. The van der Waals surface area contributed by atoms with Gasteiger partial charge in [-0.25, -0.2) is 27.6 Å². The maximum absolute atomic E-state index is 14.8. The number of benzene rings is 2. The average molecular weight is 486 g/mol. The summed E-state index contributed by atoms with van der Waals surface area (Å²) in [6.07, 6.45) is -4.99. The van der Waals surface area contributed by atoms with Gasteiger partial charge in [0.2, 0.25) is 10.0 Å². The summed E-state index contributed by atoms with van der Waals surface area (Å²) < 4.78 is 76.7. The number of aryl methyl sites for hydroxylation is 1. The highest BCUT2D eigenvalue weighted by Gasteiger charge is 2.27. The van der Waals surface area contributed by atoms with E-state index >= 15 is 0 Å². The summed E-state index contributed by atoms with van der Waals surface area (Å²) in [5.74, 6) is -0.326. The van der Waals surface area contributed by atoms with Gasteiger partial charge in [-0.3, -0.25) is 4.90 Å². The highest BCUT2D eigenvalue weighted by Crippen LogP contribution is 2.22. The van der Waals surface area contributed by atoms with Crippen LogP contribution in [0.25, 0.3) is 5.69 Å². The SMILES string of the molecule is Cc1cccc(Cc2nc(CN(C)CCC(F)(F)F)nn2-c2ccc(S(N)(=O)=O)cc2F)c1. The lowest BCUT2D eigenvalue weighted by molar-refractivity contribution is -0.137. The molecule has 3 rings (SSSR count). The molecule has 0 bridgehead atoms. The van der Waals surface area contributed by atoms with Crippen molar-refractivity contribution in [1.29, 1.82) is 0 Å². The summed E-state index contributed by atoms with van der Waals surface area (Å²) in [4.78, 5) is 5.46. The molecule has 0 aliphatic heterocycles. The maximum Gasteiger partial charge on any atom is 0.390 e. The van der Waals surface area contributed by atoms with Crippen molar-refractivity contribution >= 4 is 10.0 Å². The van der Waals surface area contributed by atoms with Crippen LogP contribution in [0.4, 0.5) is 17.6 Å². The van der Waals surface area contributed by atoms with E-state index in [1.807, 2.05) is 31.2 Å². The third-order valence-electron chi connectivity index (χ3n) is 4.83. The molecule has 178 valence electrons. The van der Waals surface area contributed by atoms with Crippen molar-refractivity contribution < 1.29 is 26.0 Å². The zero-order valence-corrected chi connectivity index (χ0v) is 18.8. The number of rotatable bonds is 8. The minimum atomic E-state index is -4.29. The molecule has 33 heavy (non-hydrogen) atoms. The van der Waals surface area contributed by atoms with Crippen LogP contribution >= 0.6 is 0 Å². The van der Waals surface area contributed by atoms with Crippen LogP contribution in [0.5, 0.6) is 0 Å². The Bertz CT molecular complexity index is 1240. The lowest BCUT2D eigenvalue weighted by Gasteiger charge is -2.15. The van der Waals surface area contributed by atoms with E-state index in [9.17, 15) is 26.0 Å². The molecule has 0 atom stereocenters. The van der Waals surface area contributed by atoms with Crippen molar-refractivity contribution in [2.75, 3.05) is 13.6 Å². The number of sulfonamides is 1. The number of alkyl halides is 3. The second-order valence-electron chi connectivity index (χ2n) is 7.78. The molecular weight excluding hydrogens is 462 g/mol. The van der Waals surface area contributed by atoms with Crippen LogP contribution in [0.3, 0.4) is 0 Å². The molecule has 0 unspecified atom stereocenters. The van der Waals surface area contributed by atoms with Gasteiger partial charge in [-0.1, -0.05) is 29.8 Å². The lowest BCUT2D eigenvalue weighted by Crippen LogP contribution is -2.24. The fourth-order valence-electron chi connectivity index (χ4n) is 3.25. The zero-order valence-electron chi connectivity index (χ0n) is 18.0. The normalized spacial score (nSPS) is 12.5. The molecular formula is C21H23F4N5O2S. The van der Waals surface area contributed by atoms with Crippen LogP contribution in [-0.2, 0) is 23.0 Å². The first-order chi connectivity index (χ1) is 15.3. The third-order valence-corrected chi connectivity index (χ3v) is 5.74. The molecule has 0 aliphatic carbocycles. The molecule has 0 saturated carbocycles. The molecule has 0 aliphatic rings. The number of halogens is 4. The molecule has 0 spiro atoms. The zero-order chi connectivity index (χ0) is 24.4. The standard InChI is InChI=1S/C21H23F4N5O2S/c1-14-4-3-5-15(10-14)11-20-27-19(13-29(2)9-8-21(23,24)25)28-30(20)18-7-6-16(12-17(18)22)33(26,31)32/h3-7,10,12H,8-9,11,13H2,1-2H3,(H2,26,31,32). The Morgan fingerprint density at radius 2 is 1.88 bits per heavy atom. The molecule has 12 heteroatoms. The maximum atomic E-state index is 14.8. The van der Waals surface area contributed by atoms with Gasteiger partial charge in [0, 0.05) is 13.0 Å². The van der Waals surface area contributed by atoms with Gasteiger partial charge in [0.15, 0.2) is 5.82 Å².